The summed E-state index contributed by atoms with van der Waals surface area (Å²) in [5, 5.41) is 3.90. The van der Waals surface area contributed by atoms with E-state index in [9.17, 15) is 9.59 Å². The van der Waals surface area contributed by atoms with E-state index in [1.807, 2.05) is 60.7 Å². The first-order valence-corrected chi connectivity index (χ1v) is 8.02. The van der Waals surface area contributed by atoms with Crippen molar-refractivity contribution in [1.82, 2.24) is 10.4 Å². The summed E-state index contributed by atoms with van der Waals surface area (Å²) in [7, 11) is 0. The zero-order valence-corrected chi connectivity index (χ0v) is 14.1. The normalized spacial score (nSPS) is 19.2. The second-order valence-corrected chi connectivity index (χ2v) is 6.25. The third-order valence-electron chi connectivity index (χ3n) is 3.88. The van der Waals surface area contributed by atoms with Gasteiger partial charge in [-0.15, -0.1) is 0 Å². The van der Waals surface area contributed by atoms with Gasteiger partial charge in [0, 0.05) is 0 Å². The number of nitrogens with zero attached hydrogens (tertiary/aromatic N) is 1. The Morgan fingerprint density at radius 2 is 1.72 bits per heavy atom. The van der Waals surface area contributed by atoms with Gasteiger partial charge in [-0.2, -0.15) is 5.06 Å². The highest BCUT2D eigenvalue weighted by molar-refractivity contribution is 5.86. The van der Waals surface area contributed by atoms with E-state index in [0.717, 1.165) is 16.2 Å². The fourth-order valence-corrected chi connectivity index (χ4v) is 2.48. The summed E-state index contributed by atoms with van der Waals surface area (Å²) in [5.41, 5.74) is 0.423. The van der Waals surface area contributed by atoms with Crippen LogP contribution in [0.2, 0.25) is 0 Å². The predicted octanol–water partition coefficient (Wildman–Crippen LogP) is 3.16. The molecule has 2 aromatic carbocycles. The molecule has 25 heavy (non-hydrogen) atoms. The summed E-state index contributed by atoms with van der Waals surface area (Å²) in [6.45, 7) is 3.32. The van der Waals surface area contributed by atoms with Crippen molar-refractivity contribution in [1.29, 1.82) is 0 Å². The number of amides is 2. The lowest BCUT2D eigenvalue weighted by Gasteiger charge is -2.41. The first kappa shape index (κ1) is 17.0. The number of carbonyl (C=O) groups is 2. The molecule has 130 valence electrons. The number of hydrogen-bond acceptors (Lipinski definition) is 4. The number of hydrogen-bond donors (Lipinski definition) is 1. The van der Waals surface area contributed by atoms with E-state index in [2.05, 4.69) is 5.32 Å². The standard InChI is InChI=1S/C19H20N2O4/c1-19(2)17(22)20-16(15-11-7-4-8-12-15)21(25-19)18(23)24-13-14-9-5-3-6-10-14/h3-12,16H,13H2,1-2H3,(H,20,22). The van der Waals surface area contributed by atoms with E-state index in [1.165, 1.54) is 0 Å². The SMILES string of the molecule is CC1(C)ON(C(=O)OCc2ccccc2)C(c2ccccc2)NC1=O. The molecule has 3 rings (SSSR count). The highest BCUT2D eigenvalue weighted by Gasteiger charge is 2.44. The van der Waals surface area contributed by atoms with E-state index < -0.39 is 17.9 Å². The summed E-state index contributed by atoms with van der Waals surface area (Å²) in [6.07, 6.45) is -1.41. The van der Waals surface area contributed by atoms with Gasteiger partial charge in [-0.05, 0) is 25.0 Å². The Labute approximate surface area is 146 Å². The van der Waals surface area contributed by atoms with Gasteiger partial charge in [-0.3, -0.25) is 4.79 Å². The summed E-state index contributed by atoms with van der Waals surface area (Å²) in [5.74, 6) is -0.298. The molecule has 2 aromatic rings. The van der Waals surface area contributed by atoms with Crippen LogP contribution in [0.3, 0.4) is 0 Å². The molecule has 1 heterocycles. The van der Waals surface area contributed by atoms with Gasteiger partial charge in [0.1, 0.15) is 6.61 Å². The molecule has 0 radical (unpaired) electrons. The molecular weight excluding hydrogens is 320 g/mol. The van der Waals surface area contributed by atoms with Gasteiger partial charge in [0.2, 0.25) is 0 Å². The zero-order chi connectivity index (χ0) is 17.9. The zero-order valence-electron chi connectivity index (χ0n) is 14.1. The molecule has 1 fully saturated rings. The van der Waals surface area contributed by atoms with Crippen molar-refractivity contribution in [2.24, 2.45) is 0 Å². The molecule has 6 nitrogen and oxygen atoms in total. The monoisotopic (exact) mass is 340 g/mol. The number of carbonyl (C=O) groups excluding carboxylic acids is 2. The van der Waals surface area contributed by atoms with Gasteiger partial charge >= 0.3 is 6.09 Å². The third kappa shape index (κ3) is 3.80. The van der Waals surface area contributed by atoms with Crippen molar-refractivity contribution in [2.75, 3.05) is 0 Å². The average molecular weight is 340 g/mol. The van der Waals surface area contributed by atoms with E-state index in [1.54, 1.807) is 13.8 Å². The Balaban J connectivity index is 1.79. The predicted molar refractivity (Wildman–Crippen MR) is 91.0 cm³/mol. The summed E-state index contributed by atoms with van der Waals surface area (Å²) >= 11 is 0. The van der Waals surface area contributed by atoms with Crippen molar-refractivity contribution in [2.45, 2.75) is 32.2 Å². The highest BCUT2D eigenvalue weighted by atomic mass is 16.7. The van der Waals surface area contributed by atoms with Crippen LogP contribution in [0.4, 0.5) is 4.79 Å². The summed E-state index contributed by atoms with van der Waals surface area (Å²) in [6, 6.07) is 18.5. The topological polar surface area (TPSA) is 67.9 Å². The lowest BCUT2D eigenvalue weighted by Crippen LogP contribution is -2.60. The summed E-state index contributed by atoms with van der Waals surface area (Å²) in [4.78, 5) is 30.5. The number of hydroxylamine groups is 2. The molecule has 2 amide bonds. The van der Waals surface area contributed by atoms with Gasteiger partial charge in [0.15, 0.2) is 11.8 Å². The Hall–Kier alpha value is -2.86. The molecule has 0 aromatic heterocycles. The molecule has 6 heteroatoms. The fraction of sp³-hybridized carbons (Fsp3) is 0.263. The highest BCUT2D eigenvalue weighted by Crippen LogP contribution is 2.29. The lowest BCUT2D eigenvalue weighted by molar-refractivity contribution is -0.254. The molecule has 0 saturated carbocycles. The molecule has 1 aliphatic rings. The van der Waals surface area contributed by atoms with Crippen LogP contribution in [0.5, 0.6) is 0 Å². The molecular formula is C19H20N2O4. The number of benzene rings is 2. The molecule has 1 aliphatic heterocycles. The maximum absolute atomic E-state index is 12.6. The van der Waals surface area contributed by atoms with Crippen LogP contribution in [-0.2, 0) is 21.0 Å². The number of rotatable bonds is 3. The van der Waals surface area contributed by atoms with E-state index in [-0.39, 0.29) is 12.5 Å². The minimum atomic E-state index is -1.17. The van der Waals surface area contributed by atoms with Crippen LogP contribution < -0.4 is 5.32 Å². The van der Waals surface area contributed by atoms with Crippen molar-refractivity contribution < 1.29 is 19.2 Å². The van der Waals surface area contributed by atoms with Crippen molar-refractivity contribution >= 4 is 12.0 Å². The Morgan fingerprint density at radius 3 is 2.36 bits per heavy atom. The van der Waals surface area contributed by atoms with Crippen molar-refractivity contribution in [3.05, 3.63) is 71.8 Å². The van der Waals surface area contributed by atoms with Crippen LogP contribution in [0.15, 0.2) is 60.7 Å². The Bertz CT molecular complexity index is 747. The van der Waals surface area contributed by atoms with Crippen LogP contribution in [0, 0.1) is 0 Å². The fourth-order valence-electron chi connectivity index (χ4n) is 2.48. The molecule has 0 spiro atoms. The Kier molecular flexibility index (Phi) is 4.72. The van der Waals surface area contributed by atoms with Crippen molar-refractivity contribution in [3.8, 4) is 0 Å². The van der Waals surface area contributed by atoms with Crippen molar-refractivity contribution in [3.63, 3.8) is 0 Å². The van der Waals surface area contributed by atoms with Gasteiger partial charge < -0.3 is 10.1 Å². The van der Waals surface area contributed by atoms with Gasteiger partial charge in [-0.1, -0.05) is 60.7 Å². The molecule has 1 saturated heterocycles. The number of nitrogens with one attached hydrogen (secondary N) is 1. The average Bonchev–Trinajstić information content (AvgIpc) is 2.63. The third-order valence-corrected chi connectivity index (χ3v) is 3.88. The Morgan fingerprint density at radius 1 is 1.12 bits per heavy atom. The minimum absolute atomic E-state index is 0.120. The lowest BCUT2D eigenvalue weighted by atomic mass is 10.1. The minimum Gasteiger partial charge on any atom is -0.443 e. The van der Waals surface area contributed by atoms with Gasteiger partial charge in [0.05, 0.1) is 0 Å². The second-order valence-electron chi connectivity index (χ2n) is 6.25. The first-order valence-electron chi connectivity index (χ1n) is 8.02. The van der Waals surface area contributed by atoms with Crippen LogP contribution in [0.1, 0.15) is 31.1 Å². The maximum Gasteiger partial charge on any atom is 0.436 e. The number of ether oxygens (including phenoxy) is 1. The van der Waals surface area contributed by atoms with Gasteiger partial charge in [-0.25, -0.2) is 9.63 Å². The second kappa shape index (κ2) is 6.94. The smallest absolute Gasteiger partial charge is 0.436 e. The quantitative estimate of drug-likeness (QED) is 0.932. The van der Waals surface area contributed by atoms with E-state index in [4.69, 9.17) is 9.57 Å². The molecule has 0 bridgehead atoms. The molecule has 1 unspecified atom stereocenters. The van der Waals surface area contributed by atoms with E-state index in [0.29, 0.717) is 0 Å². The van der Waals surface area contributed by atoms with Crippen LogP contribution in [-0.4, -0.2) is 22.7 Å². The first-order chi connectivity index (χ1) is 12.0. The largest absolute Gasteiger partial charge is 0.443 e. The van der Waals surface area contributed by atoms with Crippen LogP contribution in [0.25, 0.3) is 0 Å². The summed E-state index contributed by atoms with van der Waals surface area (Å²) < 4.78 is 5.36. The molecule has 0 aliphatic carbocycles. The van der Waals surface area contributed by atoms with Gasteiger partial charge in [0.25, 0.3) is 5.91 Å². The maximum atomic E-state index is 12.6. The van der Waals surface area contributed by atoms with E-state index >= 15 is 0 Å². The molecule has 1 N–H and O–H groups in total. The van der Waals surface area contributed by atoms with Crippen LogP contribution >= 0.6 is 0 Å². The molecule has 1 atom stereocenters.